The summed E-state index contributed by atoms with van der Waals surface area (Å²) in [5, 5.41) is 39.2. The van der Waals surface area contributed by atoms with Gasteiger partial charge in [0.05, 0.1) is 31.8 Å². The van der Waals surface area contributed by atoms with Gasteiger partial charge in [0.2, 0.25) is 47.3 Å². The second-order valence-corrected chi connectivity index (χ2v) is 15.2. The van der Waals surface area contributed by atoms with E-state index in [4.69, 9.17) is 10.9 Å². The maximum atomic E-state index is 12.8. The van der Waals surface area contributed by atoms with Crippen LogP contribution in [-0.2, 0) is 38.4 Å². The molecule has 22 heteroatoms. The lowest BCUT2D eigenvalue weighted by atomic mass is 9.87. The minimum absolute atomic E-state index is 0.0864. The van der Waals surface area contributed by atoms with Gasteiger partial charge in [-0.05, 0) is 44.9 Å². The molecule has 0 aromatic heterocycles. The number of primary amides is 1. The van der Waals surface area contributed by atoms with Gasteiger partial charge in [-0.3, -0.25) is 43.6 Å². The minimum Gasteiger partial charge on any atom is -0.394 e. The largest absolute Gasteiger partial charge is 0.394 e. The summed E-state index contributed by atoms with van der Waals surface area (Å²) in [5.74, 6) is -5.79. The van der Waals surface area contributed by atoms with Crippen molar-refractivity contribution >= 4 is 65.1 Å². The fraction of sp³-hybridized carbons (Fsp3) is 0.735. The molecular weight excluding hydrogens is 756 g/mol. The third-order valence-electron chi connectivity index (χ3n) is 9.64. The number of carbonyl (C=O) groups excluding carboxylic acids is 9. The molecule has 0 bridgehead atoms. The van der Waals surface area contributed by atoms with Crippen LogP contribution in [0.4, 0.5) is 4.79 Å². The first-order valence-electron chi connectivity index (χ1n) is 18.8. The molecule has 2 unspecified atom stereocenters. The molecule has 13 N–H and O–H groups in total. The quantitative estimate of drug-likeness (QED) is 0.0177. The lowest BCUT2D eigenvalue weighted by Crippen LogP contribution is -2.56. The van der Waals surface area contributed by atoms with E-state index in [1.165, 1.54) is 12.4 Å². The maximum Gasteiger partial charge on any atom is 0.315 e. The molecule has 56 heavy (non-hydrogen) atoms. The van der Waals surface area contributed by atoms with Crippen molar-refractivity contribution < 1.29 is 53.5 Å². The molecule has 2 fully saturated rings. The molecule has 2 rings (SSSR count). The van der Waals surface area contributed by atoms with Crippen LogP contribution in [0.15, 0.2) is 0 Å². The van der Waals surface area contributed by atoms with Crippen molar-refractivity contribution in [3.8, 4) is 0 Å². The normalized spacial score (nSPS) is 19.7. The topological polar surface area (TPSA) is 328 Å². The van der Waals surface area contributed by atoms with Crippen molar-refractivity contribution in [3.63, 3.8) is 0 Å². The molecule has 2 aliphatic rings. The average molecular weight is 815 g/mol. The monoisotopic (exact) mass is 814 g/mol. The number of nitrogens with two attached hydrogens (primary N) is 1. The first kappa shape index (κ1) is 47.5. The molecule has 0 aliphatic carbocycles. The van der Waals surface area contributed by atoms with E-state index in [9.17, 15) is 48.3 Å². The predicted molar refractivity (Wildman–Crippen MR) is 202 cm³/mol. The van der Waals surface area contributed by atoms with Gasteiger partial charge in [0.15, 0.2) is 0 Å². The number of amides is 10. The van der Waals surface area contributed by atoms with Crippen LogP contribution in [0, 0.1) is 11.8 Å². The van der Waals surface area contributed by atoms with Crippen molar-refractivity contribution in [2.24, 2.45) is 17.6 Å². The number of carbonyl (C=O) groups is 9. The second-order valence-electron chi connectivity index (χ2n) is 13.9. The highest BCUT2D eigenvalue weighted by atomic mass is 32.2. The van der Waals surface area contributed by atoms with E-state index >= 15 is 0 Å². The van der Waals surface area contributed by atoms with E-state index < -0.39 is 85.1 Å². The zero-order valence-corrected chi connectivity index (χ0v) is 32.9. The Morgan fingerprint density at radius 1 is 0.821 bits per heavy atom. The van der Waals surface area contributed by atoms with Crippen molar-refractivity contribution in [2.75, 3.05) is 32.0 Å². The third-order valence-corrected chi connectivity index (χ3v) is 11.1. The Morgan fingerprint density at radius 2 is 1.54 bits per heavy atom. The van der Waals surface area contributed by atoms with Gasteiger partial charge in [0.1, 0.15) is 18.1 Å². The van der Waals surface area contributed by atoms with E-state index in [1.807, 2.05) is 11.8 Å². The number of aliphatic hydroxyl groups excluding tert-OH is 1. The van der Waals surface area contributed by atoms with Gasteiger partial charge >= 0.3 is 6.03 Å². The van der Waals surface area contributed by atoms with Crippen molar-refractivity contribution in [2.45, 2.75) is 114 Å². The highest BCUT2D eigenvalue weighted by molar-refractivity contribution is 8.00. The first-order chi connectivity index (χ1) is 26.6. The minimum atomic E-state index is -1.50. The highest BCUT2D eigenvalue weighted by Crippen LogP contribution is 2.33. The van der Waals surface area contributed by atoms with Crippen LogP contribution in [0.3, 0.4) is 0 Å². The molecule has 2 aliphatic heterocycles. The summed E-state index contributed by atoms with van der Waals surface area (Å²) < 4.78 is 0. The Labute approximate surface area is 329 Å². The van der Waals surface area contributed by atoms with Crippen LogP contribution in [0.5, 0.6) is 0 Å². The summed E-state index contributed by atoms with van der Waals surface area (Å²) >= 11 is 1.83. The SMILES string of the molecule is CCC(C)C(CC(=O)NO)C(=O)N[C@@H](C)C(=O)N[C@@H](CO)C(=O)NCC(=O)NCC(=O)N[C@@H](CCCCNC(=O)CCCC[C@@H]1SC[C@@H]2NC(=O)N[C@@H]21)C(N)=O. The van der Waals surface area contributed by atoms with Crippen LogP contribution in [-0.4, -0.2) is 131 Å². The lowest BCUT2D eigenvalue weighted by molar-refractivity contribution is -0.138. The van der Waals surface area contributed by atoms with E-state index in [0.717, 1.165) is 25.0 Å². The number of nitrogens with one attached hydrogen (secondary N) is 9. The molecular formula is C34H58N10O11S. The second kappa shape index (κ2) is 24.7. The van der Waals surface area contributed by atoms with Crippen LogP contribution < -0.4 is 53.7 Å². The first-order valence-corrected chi connectivity index (χ1v) is 19.9. The van der Waals surface area contributed by atoms with Gasteiger partial charge in [-0.15, -0.1) is 0 Å². The Balaban J connectivity index is 1.63. The average Bonchev–Trinajstić information content (AvgIpc) is 3.73. The lowest BCUT2D eigenvalue weighted by Gasteiger charge is -2.24. The number of aliphatic hydroxyl groups is 1. The van der Waals surface area contributed by atoms with Crippen molar-refractivity contribution in [3.05, 3.63) is 0 Å². The third kappa shape index (κ3) is 16.6. The van der Waals surface area contributed by atoms with Crippen LogP contribution in [0.25, 0.3) is 0 Å². The molecule has 10 amide bonds. The number of urea groups is 1. The van der Waals surface area contributed by atoms with Crippen molar-refractivity contribution in [1.82, 2.24) is 48.0 Å². The number of fused-ring (bicyclic) bond motifs is 1. The molecule has 0 aromatic carbocycles. The molecule has 21 nitrogen and oxygen atoms in total. The van der Waals surface area contributed by atoms with Gasteiger partial charge in [0, 0.05) is 36.3 Å². The van der Waals surface area contributed by atoms with Crippen LogP contribution >= 0.6 is 11.8 Å². The summed E-state index contributed by atoms with van der Waals surface area (Å²) in [7, 11) is 0. The van der Waals surface area contributed by atoms with E-state index in [2.05, 4.69) is 42.5 Å². The van der Waals surface area contributed by atoms with Gasteiger partial charge in [-0.2, -0.15) is 11.8 Å². The summed E-state index contributed by atoms with van der Waals surface area (Å²) in [4.78, 5) is 110. The molecule has 316 valence electrons. The van der Waals surface area contributed by atoms with E-state index in [-0.39, 0.29) is 42.8 Å². The molecule has 0 spiro atoms. The number of hydroxylamine groups is 1. The van der Waals surface area contributed by atoms with Gasteiger partial charge in [-0.25, -0.2) is 10.3 Å². The van der Waals surface area contributed by atoms with Gasteiger partial charge < -0.3 is 53.4 Å². The zero-order chi connectivity index (χ0) is 41.8. The number of hydrogen-bond acceptors (Lipinski definition) is 12. The predicted octanol–water partition coefficient (Wildman–Crippen LogP) is -3.26. The van der Waals surface area contributed by atoms with Crippen LogP contribution in [0.1, 0.15) is 78.6 Å². The van der Waals surface area contributed by atoms with Crippen LogP contribution in [0.2, 0.25) is 0 Å². The fourth-order valence-electron chi connectivity index (χ4n) is 6.09. The number of hydrogen-bond donors (Lipinski definition) is 12. The Hall–Kier alpha value is -4.70. The summed E-state index contributed by atoms with van der Waals surface area (Å²) in [5.41, 5.74) is 6.90. The smallest absolute Gasteiger partial charge is 0.315 e. The van der Waals surface area contributed by atoms with Gasteiger partial charge in [0.25, 0.3) is 0 Å². The Kier molecular flexibility index (Phi) is 21.0. The number of thioether (sulfide) groups is 1. The summed E-state index contributed by atoms with van der Waals surface area (Å²) in [6.45, 7) is 3.21. The highest BCUT2D eigenvalue weighted by Gasteiger charge is 2.42. The Morgan fingerprint density at radius 3 is 2.20 bits per heavy atom. The number of unbranched alkanes of at least 4 members (excludes halogenated alkanes) is 2. The Bertz CT molecular complexity index is 1410. The fourth-order valence-corrected chi connectivity index (χ4v) is 7.63. The van der Waals surface area contributed by atoms with E-state index in [0.29, 0.717) is 37.5 Å². The maximum absolute atomic E-state index is 12.8. The van der Waals surface area contributed by atoms with Gasteiger partial charge in [-0.1, -0.05) is 26.7 Å². The number of rotatable bonds is 26. The van der Waals surface area contributed by atoms with Crippen molar-refractivity contribution in [1.29, 1.82) is 0 Å². The summed E-state index contributed by atoms with van der Waals surface area (Å²) in [6, 6.07) is -3.52. The molecule has 2 heterocycles. The molecule has 0 saturated carbocycles. The molecule has 2 saturated heterocycles. The summed E-state index contributed by atoms with van der Waals surface area (Å²) in [6.07, 6.45) is 4.28. The standard InChI is InChI=1S/C34H58N10O11S/c1-4-18(2)20(13-26(47)44-55)32(52)39-19(3)31(51)41-22(16-45)33(53)38-14-27(48)37-15-28(49)40-21(30(35)50)9-7-8-12-36-25(46)11-6-5-10-24-29-23(17-56-24)42-34(54)43-29/h18-24,29,45,55H,4-17H2,1-3H3,(H2,35,50)(H,36,46)(H,37,48)(H,38,53)(H,39,52)(H,40,49)(H,41,51)(H,44,47)(H2,42,43,54)/t18?,19-,20?,21-,22-,23-,24-,29-/m0/s1. The molecule has 0 aromatic rings. The van der Waals surface area contributed by atoms with E-state index in [1.54, 1.807) is 13.8 Å². The molecule has 0 radical (unpaired) electrons. The molecule has 8 atom stereocenters. The zero-order valence-electron chi connectivity index (χ0n) is 32.1.